The zero-order chi connectivity index (χ0) is 46.0. The van der Waals surface area contributed by atoms with Gasteiger partial charge in [-0.25, -0.2) is 0 Å². The smallest absolute Gasteiger partial charge is 0.312 e. The van der Waals surface area contributed by atoms with Crippen LogP contribution in [-0.4, -0.2) is 13.4 Å². The normalized spacial score (nSPS) is 13.6. The molecule has 10 aromatic carbocycles. The summed E-state index contributed by atoms with van der Waals surface area (Å²) in [6.07, 6.45) is -4.67. The van der Waals surface area contributed by atoms with Gasteiger partial charge in [0.2, 0.25) is 6.71 Å². The van der Waals surface area contributed by atoms with Crippen LogP contribution >= 0.6 is 11.8 Å². The lowest BCUT2D eigenvalue weighted by molar-refractivity contribution is -0.137. The van der Waals surface area contributed by atoms with Crippen LogP contribution in [0.1, 0.15) is 5.56 Å². The SMILES string of the molecule is FC(F)(F)c1cccc(-c2ccccc2)c1N1c2ccc(-c3ccccc3)cc2B2c3cc(-c4ccccc4)ccc3N3c4ccc(-c5ccccc5)cc4B4c5ccccc5Sc5cc1c2c3c54. The monoisotopic (exact) mass is 908 g/mol. The van der Waals surface area contributed by atoms with E-state index in [9.17, 15) is 0 Å². The summed E-state index contributed by atoms with van der Waals surface area (Å²) in [5, 5.41) is 0. The Morgan fingerprint density at radius 2 is 0.783 bits per heavy atom. The molecule has 0 atom stereocenters. The van der Waals surface area contributed by atoms with Gasteiger partial charge < -0.3 is 9.80 Å². The predicted octanol–water partition coefficient (Wildman–Crippen LogP) is 12.8. The Kier molecular flexibility index (Phi) is 8.90. The van der Waals surface area contributed by atoms with Crippen molar-refractivity contribution in [1.82, 2.24) is 0 Å². The highest BCUT2D eigenvalue weighted by Crippen LogP contribution is 2.53. The highest BCUT2D eigenvalue weighted by molar-refractivity contribution is 8.00. The third-order valence-corrected chi connectivity index (χ3v) is 15.7. The number of para-hydroxylation sites is 1. The Balaban J connectivity index is 1.14. The van der Waals surface area contributed by atoms with E-state index < -0.39 is 11.7 Å². The van der Waals surface area contributed by atoms with Crippen LogP contribution in [-0.2, 0) is 6.18 Å². The second-order valence-electron chi connectivity index (χ2n) is 18.2. The summed E-state index contributed by atoms with van der Waals surface area (Å²) < 4.78 is 48.0. The van der Waals surface area contributed by atoms with Crippen molar-refractivity contribution in [2.24, 2.45) is 0 Å². The lowest BCUT2D eigenvalue weighted by atomic mass is 9.29. The van der Waals surface area contributed by atoms with Crippen LogP contribution in [0, 0.1) is 0 Å². The van der Waals surface area contributed by atoms with E-state index in [2.05, 4.69) is 150 Å². The molecule has 69 heavy (non-hydrogen) atoms. The van der Waals surface area contributed by atoms with Gasteiger partial charge in [-0.1, -0.05) is 205 Å². The Morgan fingerprint density at radius 1 is 0.333 bits per heavy atom. The number of alkyl halides is 3. The molecule has 0 aromatic heterocycles. The molecule has 324 valence electrons. The van der Waals surface area contributed by atoms with E-state index in [1.807, 2.05) is 71.6 Å². The molecular weight excluding hydrogens is 871 g/mol. The third kappa shape index (κ3) is 6.11. The van der Waals surface area contributed by atoms with Crippen molar-refractivity contribution in [1.29, 1.82) is 0 Å². The molecule has 0 aliphatic carbocycles. The van der Waals surface area contributed by atoms with Gasteiger partial charge in [0.15, 0.2) is 0 Å². The summed E-state index contributed by atoms with van der Waals surface area (Å²) >= 11 is 1.72. The minimum absolute atomic E-state index is 0.114. The van der Waals surface area contributed by atoms with Gasteiger partial charge in [-0.05, 0) is 103 Å². The highest BCUT2D eigenvalue weighted by Gasteiger charge is 2.51. The maximum absolute atomic E-state index is 16.0. The molecule has 4 aliphatic heterocycles. The second kappa shape index (κ2) is 15.3. The van der Waals surface area contributed by atoms with Gasteiger partial charge in [0.1, 0.15) is 0 Å². The molecule has 0 saturated heterocycles. The lowest BCUT2D eigenvalue weighted by Crippen LogP contribution is -2.68. The van der Waals surface area contributed by atoms with E-state index in [0.29, 0.717) is 11.1 Å². The fourth-order valence-corrected chi connectivity index (χ4v) is 12.8. The van der Waals surface area contributed by atoms with E-state index in [0.717, 1.165) is 88.0 Å². The molecule has 14 rings (SSSR count). The number of fused-ring (bicyclic) bond motifs is 10. The molecule has 0 spiro atoms. The average molecular weight is 909 g/mol. The first-order chi connectivity index (χ1) is 33.9. The zero-order valence-corrected chi connectivity index (χ0v) is 37.8. The molecule has 0 saturated carbocycles. The number of halogens is 3. The van der Waals surface area contributed by atoms with Crippen molar-refractivity contribution in [3.63, 3.8) is 0 Å². The number of hydrogen-bond donors (Lipinski definition) is 0. The molecule has 8 heteroatoms. The topological polar surface area (TPSA) is 6.48 Å². The lowest BCUT2D eigenvalue weighted by Gasteiger charge is -2.50. The van der Waals surface area contributed by atoms with Crippen LogP contribution < -0.4 is 42.6 Å². The van der Waals surface area contributed by atoms with Crippen molar-refractivity contribution in [3.05, 3.63) is 230 Å². The van der Waals surface area contributed by atoms with Crippen molar-refractivity contribution < 1.29 is 13.2 Å². The van der Waals surface area contributed by atoms with Crippen LogP contribution in [0.2, 0.25) is 0 Å². The minimum atomic E-state index is -4.67. The summed E-state index contributed by atoms with van der Waals surface area (Å²) in [5.41, 5.74) is 18.4. The fourth-order valence-electron chi connectivity index (χ4n) is 11.6. The molecule has 0 radical (unpaired) electrons. The first-order valence-electron chi connectivity index (χ1n) is 23.3. The van der Waals surface area contributed by atoms with Crippen LogP contribution in [0.5, 0.6) is 0 Å². The second-order valence-corrected chi connectivity index (χ2v) is 19.3. The molecule has 4 heterocycles. The minimum Gasteiger partial charge on any atom is -0.312 e. The summed E-state index contributed by atoms with van der Waals surface area (Å²) in [5.74, 6) is 0. The van der Waals surface area contributed by atoms with Gasteiger partial charge in [-0.3, -0.25) is 0 Å². The van der Waals surface area contributed by atoms with E-state index >= 15 is 13.2 Å². The van der Waals surface area contributed by atoms with E-state index in [4.69, 9.17) is 0 Å². The number of rotatable bonds is 5. The van der Waals surface area contributed by atoms with E-state index in [1.165, 1.54) is 22.5 Å². The molecule has 0 N–H and O–H groups in total. The van der Waals surface area contributed by atoms with E-state index in [1.54, 1.807) is 17.8 Å². The molecule has 4 aliphatic rings. The predicted molar refractivity (Wildman–Crippen MR) is 282 cm³/mol. The molecule has 0 bridgehead atoms. The summed E-state index contributed by atoms with van der Waals surface area (Å²) in [4.78, 5) is 6.59. The number of anilines is 6. The first-order valence-corrected chi connectivity index (χ1v) is 24.1. The van der Waals surface area contributed by atoms with E-state index in [-0.39, 0.29) is 19.1 Å². The van der Waals surface area contributed by atoms with Gasteiger partial charge in [-0.2, -0.15) is 13.2 Å². The molecular formula is C61H37B2F3N2S. The molecule has 2 nitrogen and oxygen atoms in total. The quantitative estimate of drug-likeness (QED) is 0.159. The number of benzene rings is 10. The van der Waals surface area contributed by atoms with Crippen molar-refractivity contribution in [2.45, 2.75) is 16.0 Å². The average Bonchev–Trinajstić information content (AvgIpc) is 3.40. The highest BCUT2D eigenvalue weighted by atomic mass is 32.2. The summed E-state index contributed by atoms with van der Waals surface area (Å²) in [6.45, 7) is -0.470. The fraction of sp³-hybridized carbons (Fsp3) is 0.0164. The summed E-state index contributed by atoms with van der Waals surface area (Å²) in [6, 6.07) is 76.4. The van der Waals surface area contributed by atoms with Gasteiger partial charge in [0.05, 0.1) is 11.3 Å². The number of hydrogen-bond acceptors (Lipinski definition) is 3. The van der Waals surface area contributed by atoms with Crippen LogP contribution in [0.15, 0.2) is 234 Å². The largest absolute Gasteiger partial charge is 0.418 e. The van der Waals surface area contributed by atoms with Gasteiger partial charge in [0.25, 0.3) is 6.71 Å². The molecule has 10 aromatic rings. The maximum Gasteiger partial charge on any atom is 0.418 e. The Labute approximate surface area is 403 Å². The third-order valence-electron chi connectivity index (χ3n) is 14.5. The summed E-state index contributed by atoms with van der Waals surface area (Å²) in [7, 11) is 0. The van der Waals surface area contributed by atoms with Crippen molar-refractivity contribution in [2.75, 3.05) is 9.80 Å². The number of nitrogens with zero attached hydrogens (tertiary/aromatic N) is 2. The van der Waals surface area contributed by atoms with Crippen LogP contribution in [0.3, 0.4) is 0 Å². The van der Waals surface area contributed by atoms with Crippen molar-refractivity contribution >= 4 is 92.1 Å². The van der Waals surface area contributed by atoms with Crippen LogP contribution in [0.4, 0.5) is 47.3 Å². The molecule has 0 fully saturated rings. The van der Waals surface area contributed by atoms with Gasteiger partial charge in [0, 0.05) is 43.8 Å². The Hall–Kier alpha value is -7.93. The maximum atomic E-state index is 16.0. The van der Waals surface area contributed by atoms with Gasteiger partial charge >= 0.3 is 6.18 Å². The zero-order valence-electron chi connectivity index (χ0n) is 37.0. The van der Waals surface area contributed by atoms with Crippen LogP contribution in [0.25, 0.3) is 44.5 Å². The van der Waals surface area contributed by atoms with Crippen molar-refractivity contribution in [3.8, 4) is 44.5 Å². The standard InChI is InChI=1S/C61H37B2F3N2S/c64-61(65,66)46-25-15-24-45(41-22-11-4-12-23-41)59(46)68-53-33-30-44(40-20-9-3-10-21-40)36-50(53)63-49-35-43(39-18-7-2-8-19-39)29-32-52(49)67-51-31-28-42(38-16-5-1-6-17-38)34-48(51)62-47-26-13-14-27-55(47)69-56-37-54(68)57(63)60(67)58(56)62/h1-37H. The molecule has 0 unspecified atom stereocenters. The first kappa shape index (κ1) is 40.2. The Bertz CT molecular complexity index is 3720. The Morgan fingerprint density at radius 3 is 1.29 bits per heavy atom. The van der Waals surface area contributed by atoms with Gasteiger partial charge in [-0.15, -0.1) is 0 Å². The molecule has 0 amide bonds.